The van der Waals surface area contributed by atoms with Crippen molar-refractivity contribution in [1.82, 2.24) is 0 Å². The van der Waals surface area contributed by atoms with Gasteiger partial charge in [-0.15, -0.1) is 0 Å². The third-order valence-electron chi connectivity index (χ3n) is 0.309. The summed E-state index contributed by atoms with van der Waals surface area (Å²) in [7, 11) is 0. The van der Waals surface area contributed by atoms with Crippen molar-refractivity contribution in [2.24, 2.45) is 5.92 Å². The molecule has 40 valence electrons. The average molecular weight is 155 g/mol. The van der Waals surface area contributed by atoms with Gasteiger partial charge in [0.05, 0.1) is 0 Å². The van der Waals surface area contributed by atoms with Crippen LogP contribution in [-0.4, -0.2) is 10.8 Å². The quantitative estimate of drug-likeness (QED) is 0.509. The second kappa shape index (κ2) is 5.44. The van der Waals surface area contributed by atoms with E-state index in [9.17, 15) is 0 Å². The van der Waals surface area contributed by atoms with Gasteiger partial charge in [0.2, 0.25) is 0 Å². The standard InChI is InChI=1S/C4H9Br.H2O/c1-4(2)3-5;/h4H,3H2,1-2H3;1H2. The first-order valence-corrected chi connectivity index (χ1v) is 2.95. The predicted molar refractivity (Wildman–Crippen MR) is 32.2 cm³/mol. The lowest BCUT2D eigenvalue weighted by atomic mass is 10.3. The van der Waals surface area contributed by atoms with Crippen molar-refractivity contribution in [3.63, 3.8) is 0 Å². The maximum absolute atomic E-state index is 3.31. The molecule has 0 unspecified atom stereocenters. The number of halogens is 1. The summed E-state index contributed by atoms with van der Waals surface area (Å²) in [6, 6.07) is 0. The summed E-state index contributed by atoms with van der Waals surface area (Å²) in [5.41, 5.74) is 0. The molecule has 0 aliphatic rings. The molecular formula is C4H11BrO. The van der Waals surface area contributed by atoms with E-state index in [1.165, 1.54) is 0 Å². The number of alkyl halides is 1. The van der Waals surface area contributed by atoms with E-state index in [1.807, 2.05) is 0 Å². The van der Waals surface area contributed by atoms with E-state index < -0.39 is 0 Å². The summed E-state index contributed by atoms with van der Waals surface area (Å²) in [5, 5.41) is 1.12. The summed E-state index contributed by atoms with van der Waals surface area (Å²) in [6.07, 6.45) is 0. The lowest BCUT2D eigenvalue weighted by Crippen LogP contribution is -1.82. The van der Waals surface area contributed by atoms with Gasteiger partial charge < -0.3 is 5.48 Å². The average Bonchev–Trinajstić information content (AvgIpc) is 1.38. The second-order valence-electron chi connectivity index (χ2n) is 1.55. The van der Waals surface area contributed by atoms with Crippen LogP contribution >= 0.6 is 15.9 Å². The lowest BCUT2D eigenvalue weighted by molar-refractivity contribution is 0.756. The molecule has 0 atom stereocenters. The predicted octanol–water partition coefficient (Wildman–Crippen LogP) is 1.21. The van der Waals surface area contributed by atoms with Gasteiger partial charge in [-0.2, -0.15) is 0 Å². The Morgan fingerprint density at radius 1 is 1.50 bits per heavy atom. The van der Waals surface area contributed by atoms with E-state index in [0.717, 1.165) is 11.2 Å². The van der Waals surface area contributed by atoms with Crippen LogP contribution in [0.3, 0.4) is 0 Å². The highest BCUT2D eigenvalue weighted by Gasteiger charge is 1.81. The Morgan fingerprint density at radius 3 is 1.67 bits per heavy atom. The summed E-state index contributed by atoms with van der Waals surface area (Å²) in [4.78, 5) is 0. The van der Waals surface area contributed by atoms with Crippen LogP contribution in [0.15, 0.2) is 0 Å². The van der Waals surface area contributed by atoms with Crippen LogP contribution in [0, 0.1) is 5.92 Å². The summed E-state index contributed by atoms with van der Waals surface area (Å²) in [6.45, 7) is 4.35. The van der Waals surface area contributed by atoms with Crippen LogP contribution in [0.2, 0.25) is 0 Å². The fourth-order valence-corrected chi connectivity index (χ4v) is 0. The van der Waals surface area contributed by atoms with E-state index in [2.05, 4.69) is 29.8 Å². The summed E-state index contributed by atoms with van der Waals surface area (Å²) in [5.74, 6) is 0.801. The Bertz CT molecular complexity index is 21.5. The molecule has 0 spiro atoms. The van der Waals surface area contributed by atoms with Crippen LogP contribution in [0.5, 0.6) is 0 Å². The van der Waals surface area contributed by atoms with Gasteiger partial charge in [-0.1, -0.05) is 29.8 Å². The Hall–Kier alpha value is 0.440. The number of rotatable bonds is 1. The van der Waals surface area contributed by atoms with Gasteiger partial charge >= 0.3 is 0 Å². The van der Waals surface area contributed by atoms with Gasteiger partial charge in [-0.3, -0.25) is 0 Å². The second-order valence-corrected chi connectivity index (χ2v) is 2.20. The zero-order chi connectivity index (χ0) is 4.28. The zero-order valence-electron chi connectivity index (χ0n) is 4.16. The smallest absolute Gasteiger partial charge is 0.00544 e. The first-order valence-electron chi connectivity index (χ1n) is 1.83. The van der Waals surface area contributed by atoms with Gasteiger partial charge in [0.25, 0.3) is 0 Å². The molecule has 0 aromatic carbocycles. The normalized spacial score (nSPS) is 8.00. The highest BCUT2D eigenvalue weighted by molar-refractivity contribution is 9.09. The minimum Gasteiger partial charge on any atom is -0.412 e. The first kappa shape index (κ1) is 9.67. The molecule has 0 fully saturated rings. The lowest BCUT2D eigenvalue weighted by Gasteiger charge is -1.88. The summed E-state index contributed by atoms with van der Waals surface area (Å²) >= 11 is 3.31. The molecule has 0 aliphatic heterocycles. The fourth-order valence-electron chi connectivity index (χ4n) is 0. The molecule has 2 N–H and O–H groups in total. The molecule has 0 saturated heterocycles. The monoisotopic (exact) mass is 154 g/mol. The molecule has 0 radical (unpaired) electrons. The highest BCUT2D eigenvalue weighted by atomic mass is 79.9. The molecule has 0 aromatic heterocycles. The van der Waals surface area contributed by atoms with Crippen molar-refractivity contribution < 1.29 is 5.48 Å². The van der Waals surface area contributed by atoms with E-state index >= 15 is 0 Å². The van der Waals surface area contributed by atoms with E-state index in [-0.39, 0.29) is 5.48 Å². The van der Waals surface area contributed by atoms with Gasteiger partial charge in [0.1, 0.15) is 0 Å². The fraction of sp³-hybridized carbons (Fsp3) is 1.00. The molecule has 2 heteroatoms. The van der Waals surface area contributed by atoms with Gasteiger partial charge in [0.15, 0.2) is 0 Å². The molecule has 6 heavy (non-hydrogen) atoms. The van der Waals surface area contributed by atoms with Crippen LogP contribution < -0.4 is 0 Å². The van der Waals surface area contributed by atoms with E-state index in [0.29, 0.717) is 0 Å². The molecule has 0 aromatic rings. The topological polar surface area (TPSA) is 31.5 Å². The molecule has 0 bridgehead atoms. The Labute approximate surface area is 47.2 Å². The van der Waals surface area contributed by atoms with Crippen LogP contribution in [-0.2, 0) is 0 Å². The van der Waals surface area contributed by atoms with Crippen LogP contribution in [0.25, 0.3) is 0 Å². The van der Waals surface area contributed by atoms with Crippen LogP contribution in [0.4, 0.5) is 0 Å². The van der Waals surface area contributed by atoms with Crippen molar-refractivity contribution >= 4 is 15.9 Å². The molecule has 0 saturated carbocycles. The van der Waals surface area contributed by atoms with Gasteiger partial charge in [-0.25, -0.2) is 0 Å². The molecule has 0 amide bonds. The third kappa shape index (κ3) is 8.83. The molecular weight excluding hydrogens is 144 g/mol. The Kier molecular flexibility index (Phi) is 8.77. The molecule has 1 nitrogen and oxygen atoms in total. The summed E-state index contributed by atoms with van der Waals surface area (Å²) < 4.78 is 0. The van der Waals surface area contributed by atoms with Crippen molar-refractivity contribution in [3.8, 4) is 0 Å². The third-order valence-corrected chi connectivity index (χ3v) is 1.60. The Balaban J connectivity index is 0. The minimum absolute atomic E-state index is 0. The molecule has 0 aliphatic carbocycles. The zero-order valence-corrected chi connectivity index (χ0v) is 5.75. The molecule has 0 heterocycles. The van der Waals surface area contributed by atoms with E-state index in [1.54, 1.807) is 0 Å². The minimum atomic E-state index is 0. The van der Waals surface area contributed by atoms with E-state index in [4.69, 9.17) is 0 Å². The first-order chi connectivity index (χ1) is 2.27. The van der Waals surface area contributed by atoms with Crippen molar-refractivity contribution in [1.29, 1.82) is 0 Å². The van der Waals surface area contributed by atoms with Crippen molar-refractivity contribution in [2.45, 2.75) is 13.8 Å². The highest BCUT2D eigenvalue weighted by Crippen LogP contribution is 1.94. The molecule has 0 rings (SSSR count). The number of hydrogen-bond acceptors (Lipinski definition) is 0. The van der Waals surface area contributed by atoms with Gasteiger partial charge in [-0.05, 0) is 5.92 Å². The largest absolute Gasteiger partial charge is 0.412 e. The van der Waals surface area contributed by atoms with Crippen molar-refractivity contribution in [3.05, 3.63) is 0 Å². The maximum atomic E-state index is 3.31. The Morgan fingerprint density at radius 2 is 1.67 bits per heavy atom. The van der Waals surface area contributed by atoms with Gasteiger partial charge in [0, 0.05) is 5.33 Å². The van der Waals surface area contributed by atoms with Crippen molar-refractivity contribution in [2.75, 3.05) is 5.33 Å². The maximum Gasteiger partial charge on any atom is 0.00544 e. The SMILES string of the molecule is CC(C)CBr.O. The van der Waals surface area contributed by atoms with Crippen LogP contribution in [0.1, 0.15) is 13.8 Å². The number of hydrogen-bond donors (Lipinski definition) is 0.